The molecule has 2 aromatic rings. The van der Waals surface area contributed by atoms with E-state index in [9.17, 15) is 14.3 Å². The van der Waals surface area contributed by atoms with Crippen LogP contribution in [-0.4, -0.2) is 17.2 Å². The molecule has 0 radical (unpaired) electrons. The molecule has 0 spiro atoms. The SMILES string of the molecule is Cc1cc(NC(=O)NC(C)CC(O)c2ccco2)ccc1F. The van der Waals surface area contributed by atoms with Crippen molar-refractivity contribution in [3.63, 3.8) is 0 Å². The number of hydrogen-bond donors (Lipinski definition) is 3. The fourth-order valence-corrected chi connectivity index (χ4v) is 2.10. The Morgan fingerprint density at radius 1 is 1.41 bits per heavy atom. The summed E-state index contributed by atoms with van der Waals surface area (Å²) >= 11 is 0. The number of carbonyl (C=O) groups excluding carboxylic acids is 1. The Kier molecular flexibility index (Phi) is 5.16. The maximum atomic E-state index is 13.2. The molecule has 2 amide bonds. The summed E-state index contributed by atoms with van der Waals surface area (Å²) in [6.07, 6.45) is 1.03. The first-order valence-corrected chi connectivity index (χ1v) is 7.01. The third-order valence-electron chi connectivity index (χ3n) is 3.24. The van der Waals surface area contributed by atoms with Crippen LogP contribution in [0.3, 0.4) is 0 Å². The van der Waals surface area contributed by atoms with Gasteiger partial charge in [0.2, 0.25) is 0 Å². The van der Waals surface area contributed by atoms with E-state index in [4.69, 9.17) is 4.42 Å². The molecule has 0 saturated carbocycles. The minimum Gasteiger partial charge on any atom is -0.467 e. The van der Waals surface area contributed by atoms with Crippen LogP contribution in [0.5, 0.6) is 0 Å². The standard InChI is InChI=1S/C16H19FN2O3/c1-10-8-12(5-6-13(10)17)19-16(21)18-11(2)9-14(20)15-4-3-7-22-15/h3-8,11,14,20H,9H2,1-2H3,(H2,18,19,21). The summed E-state index contributed by atoms with van der Waals surface area (Å²) < 4.78 is 18.3. The minimum absolute atomic E-state index is 0.262. The molecule has 0 aliphatic heterocycles. The molecule has 2 atom stereocenters. The molecule has 5 nitrogen and oxygen atoms in total. The number of hydrogen-bond acceptors (Lipinski definition) is 3. The molecular formula is C16H19FN2O3. The number of aryl methyl sites for hydroxylation is 1. The van der Waals surface area contributed by atoms with Crippen LogP contribution in [0.4, 0.5) is 14.9 Å². The molecule has 0 aliphatic rings. The molecule has 0 saturated heterocycles. The van der Waals surface area contributed by atoms with Gasteiger partial charge in [-0.15, -0.1) is 0 Å². The number of anilines is 1. The van der Waals surface area contributed by atoms with Crippen LogP contribution in [-0.2, 0) is 0 Å². The van der Waals surface area contributed by atoms with Crippen molar-refractivity contribution >= 4 is 11.7 Å². The normalized spacial score (nSPS) is 13.5. The summed E-state index contributed by atoms with van der Waals surface area (Å²) in [5, 5.41) is 15.3. The first-order valence-electron chi connectivity index (χ1n) is 7.01. The van der Waals surface area contributed by atoms with Crippen molar-refractivity contribution in [2.75, 3.05) is 5.32 Å². The van der Waals surface area contributed by atoms with Gasteiger partial charge >= 0.3 is 6.03 Å². The van der Waals surface area contributed by atoms with Crippen LogP contribution in [0, 0.1) is 12.7 Å². The van der Waals surface area contributed by atoms with Crippen LogP contribution in [0.15, 0.2) is 41.0 Å². The van der Waals surface area contributed by atoms with Crippen molar-refractivity contribution < 1.29 is 18.7 Å². The second-order valence-electron chi connectivity index (χ2n) is 5.23. The Morgan fingerprint density at radius 3 is 2.82 bits per heavy atom. The van der Waals surface area contributed by atoms with Gasteiger partial charge in [0.25, 0.3) is 0 Å². The van der Waals surface area contributed by atoms with E-state index in [2.05, 4.69) is 10.6 Å². The molecule has 1 heterocycles. The minimum atomic E-state index is -0.779. The third-order valence-corrected chi connectivity index (χ3v) is 3.24. The Balaban J connectivity index is 1.84. The van der Waals surface area contributed by atoms with E-state index in [1.165, 1.54) is 18.4 Å². The zero-order chi connectivity index (χ0) is 16.1. The summed E-state index contributed by atoms with van der Waals surface area (Å²) in [7, 11) is 0. The lowest BCUT2D eigenvalue weighted by atomic mass is 10.1. The number of urea groups is 1. The predicted molar refractivity (Wildman–Crippen MR) is 81.0 cm³/mol. The van der Waals surface area contributed by atoms with Crippen LogP contribution >= 0.6 is 0 Å². The quantitative estimate of drug-likeness (QED) is 0.793. The van der Waals surface area contributed by atoms with Crippen LogP contribution < -0.4 is 10.6 Å². The Morgan fingerprint density at radius 2 is 2.18 bits per heavy atom. The van der Waals surface area contributed by atoms with Crippen LogP contribution in [0.1, 0.15) is 30.8 Å². The molecule has 118 valence electrons. The van der Waals surface area contributed by atoms with Gasteiger partial charge in [-0.2, -0.15) is 0 Å². The van der Waals surface area contributed by atoms with Gasteiger partial charge in [0.15, 0.2) is 0 Å². The zero-order valence-electron chi connectivity index (χ0n) is 12.5. The van der Waals surface area contributed by atoms with Gasteiger partial charge in [0.05, 0.1) is 6.26 Å². The van der Waals surface area contributed by atoms with Crippen molar-refractivity contribution in [1.82, 2.24) is 5.32 Å². The maximum Gasteiger partial charge on any atom is 0.319 e. The van der Waals surface area contributed by atoms with Crippen molar-refractivity contribution in [1.29, 1.82) is 0 Å². The van der Waals surface area contributed by atoms with E-state index in [1.54, 1.807) is 32.0 Å². The molecule has 1 aromatic heterocycles. The molecule has 3 N–H and O–H groups in total. The smallest absolute Gasteiger partial charge is 0.319 e. The van der Waals surface area contributed by atoms with Gasteiger partial charge in [-0.25, -0.2) is 9.18 Å². The van der Waals surface area contributed by atoms with E-state index < -0.39 is 12.1 Å². The third kappa shape index (κ3) is 4.33. The summed E-state index contributed by atoms with van der Waals surface area (Å²) in [6, 6.07) is 7.04. The number of carbonyl (C=O) groups is 1. The first kappa shape index (κ1) is 16.0. The highest BCUT2D eigenvalue weighted by Crippen LogP contribution is 2.18. The van der Waals surface area contributed by atoms with Gasteiger partial charge in [0, 0.05) is 18.2 Å². The number of benzene rings is 1. The second kappa shape index (κ2) is 7.09. The summed E-state index contributed by atoms with van der Waals surface area (Å²) in [5.41, 5.74) is 0.967. The van der Waals surface area contributed by atoms with Crippen molar-refractivity contribution in [2.45, 2.75) is 32.4 Å². The highest BCUT2D eigenvalue weighted by Gasteiger charge is 2.16. The topological polar surface area (TPSA) is 74.5 Å². The predicted octanol–water partition coefficient (Wildman–Crippen LogP) is 3.36. The van der Waals surface area contributed by atoms with Gasteiger partial charge in [-0.05, 0) is 49.7 Å². The fourth-order valence-electron chi connectivity index (χ4n) is 2.10. The Hall–Kier alpha value is -2.34. The average molecular weight is 306 g/mol. The second-order valence-corrected chi connectivity index (χ2v) is 5.23. The number of amides is 2. The highest BCUT2D eigenvalue weighted by molar-refractivity contribution is 5.89. The highest BCUT2D eigenvalue weighted by atomic mass is 19.1. The number of aliphatic hydroxyl groups is 1. The largest absolute Gasteiger partial charge is 0.467 e. The average Bonchev–Trinajstić information content (AvgIpc) is 2.96. The summed E-state index contributed by atoms with van der Waals surface area (Å²) in [4.78, 5) is 11.9. The fraction of sp³-hybridized carbons (Fsp3) is 0.312. The number of halogens is 1. The first-order chi connectivity index (χ1) is 10.5. The Bertz CT molecular complexity index is 628. The number of rotatable bonds is 5. The van der Waals surface area contributed by atoms with Gasteiger partial charge in [-0.1, -0.05) is 0 Å². The number of nitrogens with one attached hydrogen (secondary N) is 2. The van der Waals surface area contributed by atoms with E-state index in [-0.39, 0.29) is 11.9 Å². The van der Waals surface area contributed by atoms with Gasteiger partial charge < -0.3 is 20.2 Å². The van der Waals surface area contributed by atoms with E-state index in [1.807, 2.05) is 0 Å². The van der Waals surface area contributed by atoms with E-state index in [0.29, 0.717) is 23.4 Å². The molecule has 0 fully saturated rings. The number of aliphatic hydroxyl groups excluding tert-OH is 1. The van der Waals surface area contributed by atoms with Crippen LogP contribution in [0.2, 0.25) is 0 Å². The van der Waals surface area contributed by atoms with Crippen molar-refractivity contribution in [3.8, 4) is 0 Å². The molecule has 2 rings (SSSR count). The molecule has 6 heteroatoms. The molecule has 2 unspecified atom stereocenters. The maximum absolute atomic E-state index is 13.2. The van der Waals surface area contributed by atoms with Gasteiger partial charge in [0.1, 0.15) is 17.7 Å². The van der Waals surface area contributed by atoms with Crippen molar-refractivity contribution in [2.24, 2.45) is 0 Å². The van der Waals surface area contributed by atoms with E-state index >= 15 is 0 Å². The van der Waals surface area contributed by atoms with Gasteiger partial charge in [-0.3, -0.25) is 0 Å². The lowest BCUT2D eigenvalue weighted by Crippen LogP contribution is -2.37. The molecular weight excluding hydrogens is 287 g/mol. The zero-order valence-corrected chi connectivity index (χ0v) is 12.5. The lowest BCUT2D eigenvalue weighted by molar-refractivity contribution is 0.130. The van der Waals surface area contributed by atoms with E-state index in [0.717, 1.165) is 0 Å². The van der Waals surface area contributed by atoms with Crippen molar-refractivity contribution in [3.05, 3.63) is 53.7 Å². The Labute approximate surface area is 128 Å². The monoisotopic (exact) mass is 306 g/mol. The molecule has 0 bridgehead atoms. The number of furan rings is 1. The molecule has 1 aromatic carbocycles. The lowest BCUT2D eigenvalue weighted by Gasteiger charge is -2.17. The molecule has 0 aliphatic carbocycles. The summed E-state index contributed by atoms with van der Waals surface area (Å²) in [6.45, 7) is 3.41. The van der Waals surface area contributed by atoms with Crippen LogP contribution in [0.25, 0.3) is 0 Å². The summed E-state index contributed by atoms with van der Waals surface area (Å²) in [5.74, 6) is 0.143. The molecule has 22 heavy (non-hydrogen) atoms.